The topological polar surface area (TPSA) is 103 Å². The third-order valence-corrected chi connectivity index (χ3v) is 2.98. The zero-order valence-electron chi connectivity index (χ0n) is 8.31. The predicted molar refractivity (Wildman–Crippen MR) is 55.3 cm³/mol. The van der Waals surface area contributed by atoms with Gasteiger partial charge in [-0.3, -0.25) is 4.79 Å². The molecule has 1 aromatic rings. The smallest absolute Gasteiger partial charge is 0.238 e. The maximum absolute atomic E-state index is 12.9. The highest BCUT2D eigenvalue weighted by atomic mass is 32.2. The number of carbonyl (C=O) groups excluding carboxylic acids is 1. The zero-order chi connectivity index (χ0) is 12.3. The van der Waals surface area contributed by atoms with Crippen molar-refractivity contribution < 1.29 is 17.6 Å². The molecule has 0 spiro atoms. The molecule has 0 atom stereocenters. The number of primary amides is 1. The maximum atomic E-state index is 12.9. The first-order valence-corrected chi connectivity index (χ1v) is 5.95. The van der Waals surface area contributed by atoms with Gasteiger partial charge in [0.15, 0.2) is 0 Å². The fraction of sp³-hybridized carbons (Fsp3) is 0.222. The van der Waals surface area contributed by atoms with Crippen LogP contribution in [0.1, 0.15) is 12.0 Å². The molecule has 0 aliphatic rings. The Kier molecular flexibility index (Phi) is 3.61. The molecule has 7 heteroatoms. The molecular weight excluding hydrogens is 235 g/mol. The van der Waals surface area contributed by atoms with Crippen molar-refractivity contribution in [2.24, 2.45) is 10.9 Å². The highest BCUT2D eigenvalue weighted by Crippen LogP contribution is 2.17. The van der Waals surface area contributed by atoms with Gasteiger partial charge in [0.1, 0.15) is 5.82 Å². The second-order valence-corrected chi connectivity index (χ2v) is 4.79. The van der Waals surface area contributed by atoms with E-state index >= 15 is 0 Å². The Bertz CT molecular complexity index is 513. The van der Waals surface area contributed by atoms with Crippen LogP contribution in [-0.2, 0) is 21.2 Å². The van der Waals surface area contributed by atoms with Gasteiger partial charge in [-0.1, -0.05) is 0 Å². The van der Waals surface area contributed by atoms with E-state index in [1.54, 1.807) is 0 Å². The summed E-state index contributed by atoms with van der Waals surface area (Å²) < 4.78 is 35.2. The van der Waals surface area contributed by atoms with Crippen LogP contribution in [0.2, 0.25) is 0 Å². The number of sulfonamides is 1. The van der Waals surface area contributed by atoms with Crippen LogP contribution in [-0.4, -0.2) is 14.3 Å². The van der Waals surface area contributed by atoms with E-state index in [1.165, 1.54) is 0 Å². The van der Waals surface area contributed by atoms with E-state index in [4.69, 9.17) is 10.9 Å². The average molecular weight is 246 g/mol. The second kappa shape index (κ2) is 4.58. The summed E-state index contributed by atoms with van der Waals surface area (Å²) in [4.78, 5) is 10.4. The summed E-state index contributed by atoms with van der Waals surface area (Å²) in [6, 6.07) is 3.09. The normalized spacial score (nSPS) is 11.4. The summed E-state index contributed by atoms with van der Waals surface area (Å²) in [5.74, 6) is -1.18. The van der Waals surface area contributed by atoms with Crippen molar-refractivity contribution in [3.05, 3.63) is 29.6 Å². The molecule has 0 aliphatic heterocycles. The van der Waals surface area contributed by atoms with Gasteiger partial charge < -0.3 is 5.73 Å². The van der Waals surface area contributed by atoms with Gasteiger partial charge in [0, 0.05) is 6.42 Å². The molecule has 0 aromatic heterocycles. The highest BCUT2D eigenvalue weighted by Gasteiger charge is 2.14. The Hall–Kier alpha value is -1.47. The van der Waals surface area contributed by atoms with Crippen LogP contribution in [0.5, 0.6) is 0 Å². The zero-order valence-corrected chi connectivity index (χ0v) is 9.13. The quantitative estimate of drug-likeness (QED) is 0.774. The van der Waals surface area contributed by atoms with Crippen LogP contribution < -0.4 is 10.9 Å². The molecule has 4 N–H and O–H groups in total. The lowest BCUT2D eigenvalue weighted by molar-refractivity contribution is -0.118. The number of amides is 1. The van der Waals surface area contributed by atoms with Gasteiger partial charge >= 0.3 is 0 Å². The van der Waals surface area contributed by atoms with Crippen molar-refractivity contribution in [3.63, 3.8) is 0 Å². The molecule has 0 unspecified atom stereocenters. The van der Waals surface area contributed by atoms with Gasteiger partial charge in [0.05, 0.1) is 4.90 Å². The lowest BCUT2D eigenvalue weighted by atomic mass is 10.1. The van der Waals surface area contributed by atoms with Crippen LogP contribution in [0.3, 0.4) is 0 Å². The van der Waals surface area contributed by atoms with Crippen LogP contribution in [0.15, 0.2) is 23.1 Å². The van der Waals surface area contributed by atoms with Gasteiger partial charge in [0.2, 0.25) is 15.9 Å². The Balaban J connectivity index is 3.14. The molecular formula is C9H11FN2O3S. The van der Waals surface area contributed by atoms with E-state index < -0.39 is 21.7 Å². The van der Waals surface area contributed by atoms with Gasteiger partial charge in [0.25, 0.3) is 0 Å². The Morgan fingerprint density at radius 1 is 1.38 bits per heavy atom. The molecule has 16 heavy (non-hydrogen) atoms. The number of hydrogen-bond acceptors (Lipinski definition) is 3. The summed E-state index contributed by atoms with van der Waals surface area (Å²) >= 11 is 0. The van der Waals surface area contributed by atoms with Crippen LogP contribution in [0.25, 0.3) is 0 Å². The third kappa shape index (κ3) is 3.28. The third-order valence-electron chi connectivity index (χ3n) is 1.97. The molecule has 1 rings (SSSR count). The Labute approximate surface area is 92.3 Å². The van der Waals surface area contributed by atoms with Gasteiger partial charge in [-0.05, 0) is 30.2 Å². The molecule has 0 radical (unpaired) electrons. The van der Waals surface area contributed by atoms with Crippen LogP contribution in [0.4, 0.5) is 4.39 Å². The Morgan fingerprint density at radius 2 is 2.00 bits per heavy atom. The largest absolute Gasteiger partial charge is 0.370 e. The van der Waals surface area contributed by atoms with Crippen molar-refractivity contribution in [1.29, 1.82) is 0 Å². The number of benzene rings is 1. The summed E-state index contributed by atoms with van der Waals surface area (Å²) in [5.41, 5.74) is 5.08. The minimum Gasteiger partial charge on any atom is -0.370 e. The fourth-order valence-electron chi connectivity index (χ4n) is 1.28. The number of primary sulfonamides is 1. The minimum absolute atomic E-state index is 0.0405. The monoisotopic (exact) mass is 246 g/mol. The number of halogens is 1. The summed E-state index contributed by atoms with van der Waals surface area (Å²) in [5, 5.41) is 4.95. The van der Waals surface area contributed by atoms with Gasteiger partial charge in [-0.2, -0.15) is 0 Å². The number of rotatable bonds is 4. The SMILES string of the molecule is NC(=O)CCc1cc(F)ccc1S(N)(=O)=O. The van der Waals surface area contributed by atoms with E-state index in [1.807, 2.05) is 0 Å². The fourth-order valence-corrected chi connectivity index (χ4v) is 2.06. The first kappa shape index (κ1) is 12.6. The second-order valence-electron chi connectivity index (χ2n) is 3.26. The molecule has 0 heterocycles. The number of carbonyl (C=O) groups is 1. The van der Waals surface area contributed by atoms with Crippen molar-refractivity contribution in [1.82, 2.24) is 0 Å². The molecule has 1 aromatic carbocycles. The van der Waals surface area contributed by atoms with Crippen LogP contribution in [0, 0.1) is 5.82 Å². The first-order valence-electron chi connectivity index (χ1n) is 4.40. The maximum Gasteiger partial charge on any atom is 0.238 e. The summed E-state index contributed by atoms with van der Waals surface area (Å²) in [6.07, 6.45) is -0.0230. The number of aryl methyl sites for hydroxylation is 1. The highest BCUT2D eigenvalue weighted by molar-refractivity contribution is 7.89. The Morgan fingerprint density at radius 3 is 2.50 bits per heavy atom. The molecule has 5 nitrogen and oxygen atoms in total. The van der Waals surface area contributed by atoms with Gasteiger partial charge in [-0.25, -0.2) is 17.9 Å². The standard InChI is InChI=1S/C9H11FN2O3S/c10-7-2-3-8(16(12,14)15)6(5-7)1-4-9(11)13/h2-3,5H,1,4H2,(H2,11,13)(H2,12,14,15). The van der Waals surface area contributed by atoms with Crippen molar-refractivity contribution >= 4 is 15.9 Å². The molecule has 0 bridgehead atoms. The molecule has 0 saturated carbocycles. The molecule has 0 saturated heterocycles. The van der Waals surface area contributed by atoms with E-state index in [0.717, 1.165) is 18.2 Å². The van der Waals surface area contributed by atoms with E-state index in [9.17, 15) is 17.6 Å². The molecule has 0 fully saturated rings. The molecule has 1 amide bonds. The lowest BCUT2D eigenvalue weighted by Crippen LogP contribution is -2.16. The van der Waals surface area contributed by atoms with E-state index in [-0.39, 0.29) is 23.3 Å². The van der Waals surface area contributed by atoms with Crippen LogP contribution >= 0.6 is 0 Å². The first-order chi connectivity index (χ1) is 7.30. The van der Waals surface area contributed by atoms with Gasteiger partial charge in [-0.15, -0.1) is 0 Å². The van der Waals surface area contributed by atoms with Crippen molar-refractivity contribution in [2.75, 3.05) is 0 Å². The van der Waals surface area contributed by atoms with E-state index in [2.05, 4.69) is 0 Å². The predicted octanol–water partition coefficient (Wildman–Crippen LogP) is -0.109. The van der Waals surface area contributed by atoms with Crippen molar-refractivity contribution in [3.8, 4) is 0 Å². The lowest BCUT2D eigenvalue weighted by Gasteiger charge is -2.06. The number of hydrogen-bond donors (Lipinski definition) is 2. The minimum atomic E-state index is -3.92. The number of nitrogens with two attached hydrogens (primary N) is 2. The molecule has 88 valence electrons. The summed E-state index contributed by atoms with van der Waals surface area (Å²) in [6.45, 7) is 0. The average Bonchev–Trinajstić information content (AvgIpc) is 2.12. The molecule has 0 aliphatic carbocycles. The van der Waals surface area contributed by atoms with Crippen molar-refractivity contribution in [2.45, 2.75) is 17.7 Å². The van der Waals surface area contributed by atoms with E-state index in [0.29, 0.717) is 0 Å². The summed E-state index contributed by atoms with van der Waals surface area (Å²) in [7, 11) is -3.92.